The average molecular weight is 472 g/mol. The molecule has 2 amide bonds. The van der Waals surface area contributed by atoms with Crippen molar-refractivity contribution in [3.05, 3.63) is 29.6 Å². The third-order valence-electron chi connectivity index (χ3n) is 8.82. The molecule has 3 fully saturated rings. The third-order valence-corrected chi connectivity index (χ3v) is 8.82. The van der Waals surface area contributed by atoms with Crippen molar-refractivity contribution in [2.75, 3.05) is 37.7 Å². The van der Waals surface area contributed by atoms with Gasteiger partial charge in [-0.1, -0.05) is 13.8 Å². The molecule has 2 saturated heterocycles. The molecule has 1 saturated carbocycles. The topological polar surface area (TPSA) is 53.1 Å². The maximum absolute atomic E-state index is 14.3. The van der Waals surface area contributed by atoms with Gasteiger partial charge < -0.3 is 19.4 Å². The molecule has 1 aliphatic carbocycles. The summed E-state index contributed by atoms with van der Waals surface area (Å²) in [5.41, 5.74) is 1.74. The highest BCUT2D eigenvalue weighted by atomic mass is 19.1. The minimum Gasteiger partial charge on any atom is -0.450 e. The summed E-state index contributed by atoms with van der Waals surface area (Å²) >= 11 is 0. The van der Waals surface area contributed by atoms with Gasteiger partial charge in [-0.3, -0.25) is 4.79 Å². The number of carbonyl (C=O) groups excluding carboxylic acids is 2. The van der Waals surface area contributed by atoms with Gasteiger partial charge in [-0.25, -0.2) is 9.18 Å². The fourth-order valence-electron chi connectivity index (χ4n) is 7.08. The molecule has 3 atom stereocenters. The van der Waals surface area contributed by atoms with Gasteiger partial charge in [-0.05, 0) is 88.2 Å². The van der Waals surface area contributed by atoms with Crippen molar-refractivity contribution in [1.82, 2.24) is 9.80 Å². The van der Waals surface area contributed by atoms with Gasteiger partial charge in [0.05, 0.1) is 6.61 Å². The number of rotatable bonds is 3. The van der Waals surface area contributed by atoms with Crippen molar-refractivity contribution < 1.29 is 18.7 Å². The van der Waals surface area contributed by atoms with E-state index in [4.69, 9.17) is 4.74 Å². The fraction of sp³-hybridized carbons (Fsp3) is 0.704. The van der Waals surface area contributed by atoms with E-state index in [1.165, 1.54) is 12.5 Å². The number of amides is 2. The number of benzene rings is 1. The Morgan fingerprint density at radius 1 is 1.18 bits per heavy atom. The molecule has 0 aromatic heterocycles. The van der Waals surface area contributed by atoms with Crippen molar-refractivity contribution in [2.24, 2.45) is 11.8 Å². The first-order valence-corrected chi connectivity index (χ1v) is 13.1. The van der Waals surface area contributed by atoms with Crippen LogP contribution < -0.4 is 4.90 Å². The number of piperidine rings is 2. The first kappa shape index (κ1) is 23.6. The standard InChI is InChI=1S/C27H38FN3O3/c1-4-34-26(33)30-11-5-6-19-14-21(16-24(19)30)29-12-9-27(10-13-29)17-31(25(32)18(2)3)23-8-7-20(28)15-22(23)27/h7-8,15,18-19,21,24H,4-6,9-14,16-17H2,1-3H3. The van der Waals surface area contributed by atoms with Gasteiger partial charge in [0.15, 0.2) is 0 Å². The Bertz CT molecular complexity index is 943. The number of carbonyl (C=O) groups is 2. The summed E-state index contributed by atoms with van der Waals surface area (Å²) in [6.07, 6.45) is 6.09. The molecule has 34 heavy (non-hydrogen) atoms. The van der Waals surface area contributed by atoms with Crippen LogP contribution in [0.25, 0.3) is 0 Å². The predicted octanol–water partition coefficient (Wildman–Crippen LogP) is 4.56. The smallest absolute Gasteiger partial charge is 0.410 e. The van der Waals surface area contributed by atoms with Crippen LogP contribution in [-0.4, -0.2) is 66.7 Å². The van der Waals surface area contributed by atoms with Crippen molar-refractivity contribution >= 4 is 17.7 Å². The maximum Gasteiger partial charge on any atom is 0.410 e. The Kier molecular flexibility index (Phi) is 6.34. The molecule has 1 aromatic rings. The Hall–Kier alpha value is -2.15. The van der Waals surface area contributed by atoms with Gasteiger partial charge in [0.2, 0.25) is 5.91 Å². The second-order valence-electron chi connectivity index (χ2n) is 11.0. The highest BCUT2D eigenvalue weighted by molar-refractivity contribution is 5.97. The maximum atomic E-state index is 14.3. The van der Waals surface area contributed by atoms with Crippen LogP contribution in [-0.2, 0) is 14.9 Å². The van der Waals surface area contributed by atoms with Crippen LogP contribution >= 0.6 is 0 Å². The highest BCUT2D eigenvalue weighted by Gasteiger charge is 2.49. The van der Waals surface area contributed by atoms with E-state index in [0.29, 0.717) is 25.1 Å². The lowest BCUT2D eigenvalue weighted by Crippen LogP contribution is -2.49. The van der Waals surface area contributed by atoms with Crippen LogP contribution in [0.15, 0.2) is 18.2 Å². The van der Waals surface area contributed by atoms with Gasteiger partial charge in [0, 0.05) is 42.2 Å². The van der Waals surface area contributed by atoms with E-state index in [-0.39, 0.29) is 35.2 Å². The first-order valence-electron chi connectivity index (χ1n) is 13.1. The number of hydrogen-bond acceptors (Lipinski definition) is 4. The summed E-state index contributed by atoms with van der Waals surface area (Å²) in [6, 6.07) is 5.69. The van der Waals surface area contributed by atoms with Crippen molar-refractivity contribution in [2.45, 2.75) is 76.8 Å². The van der Waals surface area contributed by atoms with Crippen molar-refractivity contribution in [3.63, 3.8) is 0 Å². The van der Waals surface area contributed by atoms with Gasteiger partial charge in [0.25, 0.3) is 0 Å². The Balaban J connectivity index is 1.29. The van der Waals surface area contributed by atoms with Crippen LogP contribution in [0.1, 0.15) is 64.9 Å². The van der Waals surface area contributed by atoms with E-state index in [0.717, 1.165) is 63.0 Å². The van der Waals surface area contributed by atoms with Gasteiger partial charge >= 0.3 is 6.09 Å². The number of halogens is 1. The minimum atomic E-state index is -0.224. The number of nitrogens with zero attached hydrogens (tertiary/aromatic N) is 3. The molecular weight excluding hydrogens is 433 g/mol. The number of fused-ring (bicyclic) bond motifs is 3. The molecule has 3 unspecified atom stereocenters. The second kappa shape index (κ2) is 9.14. The van der Waals surface area contributed by atoms with Gasteiger partial charge in [0.1, 0.15) is 5.82 Å². The lowest BCUT2D eigenvalue weighted by Gasteiger charge is -2.42. The molecule has 0 N–H and O–H groups in total. The Morgan fingerprint density at radius 3 is 2.65 bits per heavy atom. The molecule has 1 spiro atoms. The van der Waals surface area contributed by atoms with E-state index >= 15 is 0 Å². The summed E-state index contributed by atoms with van der Waals surface area (Å²) in [5.74, 6) is 0.362. The molecule has 5 rings (SSSR count). The number of anilines is 1. The molecule has 0 bridgehead atoms. The zero-order valence-corrected chi connectivity index (χ0v) is 20.8. The van der Waals surface area contributed by atoms with E-state index in [1.807, 2.05) is 30.6 Å². The van der Waals surface area contributed by atoms with Gasteiger partial charge in [-0.2, -0.15) is 0 Å². The minimum absolute atomic E-state index is 0.0858. The van der Waals surface area contributed by atoms with Crippen molar-refractivity contribution in [3.8, 4) is 0 Å². The molecule has 1 aromatic carbocycles. The molecule has 3 aliphatic heterocycles. The SMILES string of the molecule is CCOC(=O)N1CCCC2CC(N3CCC4(CC3)CN(C(=O)C(C)C)c3ccc(F)cc34)CC21. The van der Waals surface area contributed by atoms with Crippen LogP contribution in [0.2, 0.25) is 0 Å². The molecule has 7 heteroatoms. The lowest BCUT2D eigenvalue weighted by molar-refractivity contribution is -0.121. The first-order chi connectivity index (χ1) is 16.3. The third kappa shape index (κ3) is 4.00. The zero-order valence-electron chi connectivity index (χ0n) is 20.8. The number of ether oxygens (including phenoxy) is 1. The lowest BCUT2D eigenvalue weighted by atomic mass is 9.74. The Labute approximate surface area is 202 Å². The number of likely N-dealkylation sites (tertiary alicyclic amines) is 2. The van der Waals surface area contributed by atoms with Crippen LogP contribution in [0, 0.1) is 17.7 Å². The molecule has 3 heterocycles. The molecule has 6 nitrogen and oxygen atoms in total. The summed E-state index contributed by atoms with van der Waals surface area (Å²) in [5, 5.41) is 0. The van der Waals surface area contributed by atoms with Crippen LogP contribution in [0.3, 0.4) is 0 Å². The van der Waals surface area contributed by atoms with Crippen molar-refractivity contribution in [1.29, 1.82) is 0 Å². The number of hydrogen-bond donors (Lipinski definition) is 0. The van der Waals surface area contributed by atoms with E-state index in [2.05, 4.69) is 4.90 Å². The summed E-state index contributed by atoms with van der Waals surface area (Å²) < 4.78 is 19.6. The normalized spacial score (nSPS) is 28.3. The second-order valence-corrected chi connectivity index (χ2v) is 11.0. The molecule has 186 valence electrons. The Morgan fingerprint density at radius 2 is 1.94 bits per heavy atom. The quantitative estimate of drug-likeness (QED) is 0.649. The zero-order chi connectivity index (χ0) is 24.0. The predicted molar refractivity (Wildman–Crippen MR) is 129 cm³/mol. The summed E-state index contributed by atoms with van der Waals surface area (Å²) in [7, 11) is 0. The fourth-order valence-corrected chi connectivity index (χ4v) is 7.08. The van der Waals surface area contributed by atoms with Crippen LogP contribution in [0.4, 0.5) is 14.9 Å². The molecule has 0 radical (unpaired) electrons. The van der Waals surface area contributed by atoms with Crippen LogP contribution in [0.5, 0.6) is 0 Å². The summed E-state index contributed by atoms with van der Waals surface area (Å²) in [6.45, 7) is 9.50. The highest BCUT2D eigenvalue weighted by Crippen LogP contribution is 2.49. The molecule has 4 aliphatic rings. The van der Waals surface area contributed by atoms with Gasteiger partial charge in [-0.15, -0.1) is 0 Å². The largest absolute Gasteiger partial charge is 0.450 e. The average Bonchev–Trinajstić information content (AvgIpc) is 3.39. The van der Waals surface area contributed by atoms with E-state index in [1.54, 1.807) is 12.1 Å². The van der Waals surface area contributed by atoms with E-state index in [9.17, 15) is 14.0 Å². The monoisotopic (exact) mass is 471 g/mol. The molecular formula is C27H38FN3O3. The summed E-state index contributed by atoms with van der Waals surface area (Å²) in [4.78, 5) is 31.9. The van der Waals surface area contributed by atoms with E-state index < -0.39 is 0 Å².